The topological polar surface area (TPSA) is 94.0 Å². The number of benzene rings is 1. The fourth-order valence-corrected chi connectivity index (χ4v) is 1.76. The van der Waals surface area contributed by atoms with Crippen molar-refractivity contribution < 1.29 is 14.4 Å². The highest BCUT2D eigenvalue weighted by Crippen LogP contribution is 2.21. The second-order valence-corrected chi connectivity index (χ2v) is 4.18. The summed E-state index contributed by atoms with van der Waals surface area (Å²) in [5, 5.41) is 17.0. The number of hydrogen-bond donors (Lipinski definition) is 1. The van der Waals surface area contributed by atoms with Gasteiger partial charge in [-0.05, 0) is 24.3 Å². The first-order chi connectivity index (χ1) is 9.63. The summed E-state index contributed by atoms with van der Waals surface area (Å²) < 4.78 is 6.78. The minimum absolute atomic E-state index is 0.167. The molecule has 0 aliphatic carbocycles. The molecule has 20 heavy (non-hydrogen) atoms. The van der Waals surface area contributed by atoms with Gasteiger partial charge in [0.2, 0.25) is 5.82 Å². The standard InChI is InChI=1S/C13H10N4O3/c1-17-6-5-10(15-17)11-14-12(20-16-11)8-3-2-4-9(7-8)13(18)19/h2-7H,1H3,(H,18,19). The zero-order valence-corrected chi connectivity index (χ0v) is 10.5. The van der Waals surface area contributed by atoms with Crippen LogP contribution in [0.3, 0.4) is 0 Å². The van der Waals surface area contributed by atoms with Crippen molar-refractivity contribution >= 4 is 5.97 Å². The van der Waals surface area contributed by atoms with Gasteiger partial charge in [0.15, 0.2) is 0 Å². The van der Waals surface area contributed by atoms with Crippen LogP contribution in [-0.2, 0) is 7.05 Å². The van der Waals surface area contributed by atoms with Crippen molar-refractivity contribution in [3.05, 3.63) is 42.1 Å². The van der Waals surface area contributed by atoms with Gasteiger partial charge in [-0.1, -0.05) is 11.2 Å². The van der Waals surface area contributed by atoms with Gasteiger partial charge in [0.25, 0.3) is 5.89 Å². The predicted molar refractivity (Wildman–Crippen MR) is 68.9 cm³/mol. The van der Waals surface area contributed by atoms with E-state index in [2.05, 4.69) is 15.2 Å². The van der Waals surface area contributed by atoms with Crippen LogP contribution < -0.4 is 0 Å². The number of aryl methyl sites for hydroxylation is 1. The summed E-state index contributed by atoms with van der Waals surface area (Å²) in [6.45, 7) is 0. The number of aromatic carboxylic acids is 1. The van der Waals surface area contributed by atoms with Crippen LogP contribution in [0.2, 0.25) is 0 Å². The quantitative estimate of drug-likeness (QED) is 0.780. The molecular formula is C13H10N4O3. The minimum Gasteiger partial charge on any atom is -0.478 e. The van der Waals surface area contributed by atoms with E-state index in [1.165, 1.54) is 12.1 Å². The van der Waals surface area contributed by atoms with Gasteiger partial charge in [-0.3, -0.25) is 4.68 Å². The van der Waals surface area contributed by atoms with Crippen LogP contribution >= 0.6 is 0 Å². The summed E-state index contributed by atoms with van der Waals surface area (Å²) in [5.41, 5.74) is 1.32. The number of hydrogen-bond acceptors (Lipinski definition) is 5. The van der Waals surface area contributed by atoms with Crippen molar-refractivity contribution in [1.29, 1.82) is 0 Å². The van der Waals surface area contributed by atoms with Crippen molar-refractivity contribution in [2.75, 3.05) is 0 Å². The molecule has 2 heterocycles. The molecule has 0 radical (unpaired) electrons. The molecule has 7 nitrogen and oxygen atoms in total. The molecule has 7 heteroatoms. The fourth-order valence-electron chi connectivity index (χ4n) is 1.76. The molecule has 2 aromatic heterocycles. The van der Waals surface area contributed by atoms with Crippen molar-refractivity contribution in [2.45, 2.75) is 0 Å². The fraction of sp³-hybridized carbons (Fsp3) is 0.0769. The molecule has 0 amide bonds. The summed E-state index contributed by atoms with van der Waals surface area (Å²) in [5.74, 6) is -0.383. The number of carboxylic acids is 1. The Morgan fingerprint density at radius 3 is 2.90 bits per heavy atom. The van der Waals surface area contributed by atoms with E-state index in [1.807, 2.05) is 0 Å². The Morgan fingerprint density at radius 1 is 1.35 bits per heavy atom. The molecule has 100 valence electrons. The van der Waals surface area contributed by atoms with E-state index in [4.69, 9.17) is 9.63 Å². The smallest absolute Gasteiger partial charge is 0.335 e. The number of carboxylic acid groups (broad SMARTS) is 1. The SMILES string of the molecule is Cn1ccc(-c2noc(-c3cccc(C(=O)O)c3)n2)n1. The Morgan fingerprint density at radius 2 is 2.20 bits per heavy atom. The van der Waals surface area contributed by atoms with Gasteiger partial charge in [0.1, 0.15) is 5.69 Å². The molecule has 0 atom stereocenters. The van der Waals surface area contributed by atoms with Gasteiger partial charge >= 0.3 is 5.97 Å². The van der Waals surface area contributed by atoms with Crippen molar-refractivity contribution in [1.82, 2.24) is 19.9 Å². The van der Waals surface area contributed by atoms with Gasteiger partial charge in [-0.2, -0.15) is 10.1 Å². The lowest BCUT2D eigenvalue weighted by Gasteiger charge is -1.96. The summed E-state index contributed by atoms with van der Waals surface area (Å²) in [6, 6.07) is 8.09. The summed E-state index contributed by atoms with van der Waals surface area (Å²) in [6.07, 6.45) is 1.77. The average molecular weight is 270 g/mol. The van der Waals surface area contributed by atoms with Gasteiger partial charge in [-0.15, -0.1) is 0 Å². The molecule has 0 unspecified atom stereocenters. The van der Waals surface area contributed by atoms with E-state index in [1.54, 1.807) is 36.1 Å². The molecule has 0 fully saturated rings. The molecule has 0 saturated heterocycles. The van der Waals surface area contributed by atoms with Crippen LogP contribution in [0.15, 0.2) is 41.1 Å². The van der Waals surface area contributed by atoms with Gasteiger partial charge < -0.3 is 9.63 Å². The van der Waals surface area contributed by atoms with Crippen molar-refractivity contribution in [3.8, 4) is 23.0 Å². The van der Waals surface area contributed by atoms with E-state index in [0.29, 0.717) is 17.1 Å². The Hall–Kier alpha value is -2.96. The number of rotatable bonds is 3. The lowest BCUT2D eigenvalue weighted by atomic mass is 10.1. The highest BCUT2D eigenvalue weighted by Gasteiger charge is 2.13. The maximum Gasteiger partial charge on any atom is 0.335 e. The molecule has 3 rings (SSSR count). The lowest BCUT2D eigenvalue weighted by Crippen LogP contribution is -1.95. The molecule has 1 N–H and O–H groups in total. The molecule has 0 bridgehead atoms. The largest absolute Gasteiger partial charge is 0.478 e. The van der Waals surface area contributed by atoms with Crippen molar-refractivity contribution in [3.63, 3.8) is 0 Å². The third kappa shape index (κ3) is 2.16. The number of aromatic nitrogens is 4. The molecule has 3 aromatic rings. The normalized spacial score (nSPS) is 10.7. The first kappa shape index (κ1) is 12.1. The van der Waals surface area contributed by atoms with Crippen LogP contribution in [-0.4, -0.2) is 31.0 Å². The second-order valence-electron chi connectivity index (χ2n) is 4.18. The third-order valence-corrected chi connectivity index (χ3v) is 2.73. The Bertz CT molecular complexity index is 775. The van der Waals surface area contributed by atoms with Crippen molar-refractivity contribution in [2.24, 2.45) is 7.05 Å². The van der Waals surface area contributed by atoms with Gasteiger partial charge in [0.05, 0.1) is 5.56 Å². The van der Waals surface area contributed by atoms with Crippen LogP contribution in [0, 0.1) is 0 Å². The zero-order chi connectivity index (χ0) is 14.1. The summed E-state index contributed by atoms with van der Waals surface area (Å²) in [7, 11) is 1.79. The average Bonchev–Trinajstić information content (AvgIpc) is 3.07. The first-order valence-corrected chi connectivity index (χ1v) is 5.81. The Kier molecular flexibility index (Phi) is 2.79. The summed E-state index contributed by atoms with van der Waals surface area (Å²) >= 11 is 0. The van der Waals surface area contributed by atoms with Crippen LogP contribution in [0.1, 0.15) is 10.4 Å². The monoisotopic (exact) mass is 270 g/mol. The predicted octanol–water partition coefficient (Wildman–Crippen LogP) is 1.84. The number of carbonyl (C=O) groups is 1. The van der Waals surface area contributed by atoms with E-state index in [0.717, 1.165) is 0 Å². The zero-order valence-electron chi connectivity index (χ0n) is 10.5. The lowest BCUT2D eigenvalue weighted by molar-refractivity contribution is 0.0697. The Balaban J connectivity index is 1.98. The highest BCUT2D eigenvalue weighted by atomic mass is 16.5. The molecular weight excluding hydrogens is 260 g/mol. The summed E-state index contributed by atoms with van der Waals surface area (Å²) in [4.78, 5) is 15.2. The van der Waals surface area contributed by atoms with E-state index < -0.39 is 5.97 Å². The van der Waals surface area contributed by atoms with E-state index >= 15 is 0 Å². The molecule has 0 spiro atoms. The minimum atomic E-state index is -1.00. The first-order valence-electron chi connectivity index (χ1n) is 5.81. The van der Waals surface area contributed by atoms with E-state index in [9.17, 15) is 4.79 Å². The second kappa shape index (κ2) is 4.61. The molecule has 1 aromatic carbocycles. The third-order valence-electron chi connectivity index (χ3n) is 2.73. The Labute approximate surface area is 113 Å². The van der Waals surface area contributed by atoms with Gasteiger partial charge in [-0.25, -0.2) is 4.79 Å². The highest BCUT2D eigenvalue weighted by molar-refractivity contribution is 5.89. The van der Waals surface area contributed by atoms with Crippen LogP contribution in [0.4, 0.5) is 0 Å². The van der Waals surface area contributed by atoms with Gasteiger partial charge in [0, 0.05) is 18.8 Å². The molecule has 0 aliphatic heterocycles. The van der Waals surface area contributed by atoms with E-state index in [-0.39, 0.29) is 11.5 Å². The van der Waals surface area contributed by atoms with Crippen LogP contribution in [0.25, 0.3) is 23.0 Å². The molecule has 0 aliphatic rings. The van der Waals surface area contributed by atoms with Crippen LogP contribution in [0.5, 0.6) is 0 Å². The maximum absolute atomic E-state index is 10.9. The molecule has 0 saturated carbocycles. The maximum atomic E-state index is 10.9. The number of nitrogens with zero attached hydrogens (tertiary/aromatic N) is 4.